The fraction of sp³-hybridized carbons (Fsp3) is 0.125. The highest BCUT2D eigenvalue weighted by atomic mass is 32.1. The molecule has 0 bridgehead atoms. The zero-order valence-electron chi connectivity index (χ0n) is 17.4. The molecule has 31 heavy (non-hydrogen) atoms. The lowest BCUT2D eigenvalue weighted by Crippen LogP contribution is -2.27. The number of benzene rings is 2. The Morgan fingerprint density at radius 3 is 2.39 bits per heavy atom. The predicted molar refractivity (Wildman–Crippen MR) is 125 cm³/mol. The van der Waals surface area contributed by atoms with Crippen molar-refractivity contribution in [1.29, 1.82) is 0 Å². The van der Waals surface area contributed by atoms with Crippen molar-refractivity contribution in [3.63, 3.8) is 0 Å². The number of fused-ring (bicyclic) bond motifs is 1. The molecule has 0 fully saturated rings. The van der Waals surface area contributed by atoms with E-state index >= 15 is 0 Å². The second-order valence-electron chi connectivity index (χ2n) is 7.39. The minimum absolute atomic E-state index is 0.206. The summed E-state index contributed by atoms with van der Waals surface area (Å²) in [7, 11) is 3.26. The van der Waals surface area contributed by atoms with Crippen LogP contribution in [0.25, 0.3) is 15.9 Å². The van der Waals surface area contributed by atoms with E-state index in [2.05, 4.69) is 5.32 Å². The Balaban J connectivity index is 2.00. The standard InChI is InChI=1S/C24H21N3O3S/c1-15-8-7-9-16(14-15)21(29)20-18-12-13-19(28)27(17-10-5-4-6-11-17)23(18)31-22(20)25-24(30)26(2)3/h4-14H,1-3H3,(H,25,30). The maximum Gasteiger partial charge on any atom is 0.321 e. The summed E-state index contributed by atoms with van der Waals surface area (Å²) in [4.78, 5) is 40.7. The molecule has 2 aromatic heterocycles. The number of nitrogens with one attached hydrogen (secondary N) is 1. The number of rotatable bonds is 4. The van der Waals surface area contributed by atoms with Crippen LogP contribution in [-0.2, 0) is 0 Å². The second kappa shape index (κ2) is 8.20. The first-order valence-electron chi connectivity index (χ1n) is 9.70. The number of pyridine rings is 1. The Labute approximate surface area is 183 Å². The predicted octanol–water partition coefficient (Wildman–Crippen LogP) is 4.69. The third-order valence-corrected chi connectivity index (χ3v) is 6.00. The van der Waals surface area contributed by atoms with E-state index in [0.29, 0.717) is 32.0 Å². The van der Waals surface area contributed by atoms with Gasteiger partial charge in [-0.15, -0.1) is 0 Å². The Morgan fingerprint density at radius 1 is 0.968 bits per heavy atom. The van der Waals surface area contributed by atoms with E-state index in [4.69, 9.17) is 0 Å². The van der Waals surface area contributed by atoms with Gasteiger partial charge in [0.05, 0.1) is 11.3 Å². The summed E-state index contributed by atoms with van der Waals surface area (Å²) in [5.41, 5.74) is 2.35. The molecule has 0 saturated heterocycles. The number of anilines is 1. The van der Waals surface area contributed by atoms with E-state index < -0.39 is 0 Å². The summed E-state index contributed by atoms with van der Waals surface area (Å²) in [6.45, 7) is 1.92. The molecule has 0 aliphatic rings. The normalized spacial score (nSPS) is 10.8. The highest BCUT2D eigenvalue weighted by molar-refractivity contribution is 7.23. The molecule has 6 nitrogen and oxygen atoms in total. The first-order chi connectivity index (χ1) is 14.9. The van der Waals surface area contributed by atoms with Crippen molar-refractivity contribution in [3.05, 3.63) is 93.8 Å². The second-order valence-corrected chi connectivity index (χ2v) is 8.39. The maximum absolute atomic E-state index is 13.5. The molecule has 0 saturated carbocycles. The molecule has 4 rings (SSSR count). The van der Waals surface area contributed by atoms with Crippen molar-refractivity contribution in [2.45, 2.75) is 6.92 Å². The van der Waals surface area contributed by atoms with Crippen LogP contribution in [0.2, 0.25) is 0 Å². The van der Waals surface area contributed by atoms with Gasteiger partial charge in [0.15, 0.2) is 5.78 Å². The molecule has 0 unspecified atom stereocenters. The van der Waals surface area contributed by atoms with Crippen molar-refractivity contribution in [2.24, 2.45) is 0 Å². The van der Waals surface area contributed by atoms with Crippen molar-refractivity contribution >= 4 is 38.4 Å². The lowest BCUT2D eigenvalue weighted by molar-refractivity contribution is 0.104. The number of urea groups is 1. The smallest absolute Gasteiger partial charge is 0.321 e. The molecule has 0 spiro atoms. The van der Waals surface area contributed by atoms with Gasteiger partial charge in [0.25, 0.3) is 5.56 Å². The number of ketones is 1. The van der Waals surface area contributed by atoms with Crippen molar-refractivity contribution < 1.29 is 9.59 Å². The summed E-state index contributed by atoms with van der Waals surface area (Å²) < 4.78 is 1.57. The van der Waals surface area contributed by atoms with Gasteiger partial charge in [-0.25, -0.2) is 4.79 Å². The van der Waals surface area contributed by atoms with Crippen molar-refractivity contribution in [1.82, 2.24) is 9.47 Å². The van der Waals surface area contributed by atoms with Gasteiger partial charge < -0.3 is 4.90 Å². The number of amides is 2. The molecule has 2 aromatic carbocycles. The molecule has 156 valence electrons. The van der Waals surface area contributed by atoms with E-state index in [9.17, 15) is 14.4 Å². The monoisotopic (exact) mass is 431 g/mol. The van der Waals surface area contributed by atoms with Crippen molar-refractivity contribution in [3.8, 4) is 5.69 Å². The fourth-order valence-electron chi connectivity index (χ4n) is 3.36. The van der Waals surface area contributed by atoms with Gasteiger partial charge in [0.1, 0.15) is 9.83 Å². The van der Waals surface area contributed by atoms with Crippen LogP contribution in [-0.4, -0.2) is 35.4 Å². The fourth-order valence-corrected chi connectivity index (χ4v) is 4.56. The summed E-state index contributed by atoms with van der Waals surface area (Å²) in [5, 5.41) is 3.86. The quantitative estimate of drug-likeness (QED) is 0.477. The van der Waals surface area contributed by atoms with E-state index in [-0.39, 0.29) is 17.4 Å². The number of para-hydroxylation sites is 1. The zero-order chi connectivity index (χ0) is 22.1. The van der Waals surface area contributed by atoms with Crippen LogP contribution in [0.1, 0.15) is 21.5 Å². The Bertz CT molecular complexity index is 1350. The van der Waals surface area contributed by atoms with Gasteiger partial charge >= 0.3 is 6.03 Å². The average Bonchev–Trinajstić information content (AvgIpc) is 3.11. The van der Waals surface area contributed by atoms with Gasteiger partial charge in [-0.1, -0.05) is 53.3 Å². The van der Waals surface area contributed by atoms with Crippen LogP contribution in [0.3, 0.4) is 0 Å². The van der Waals surface area contributed by atoms with Crippen LogP contribution in [0.5, 0.6) is 0 Å². The lowest BCUT2D eigenvalue weighted by atomic mass is 10.0. The number of hydrogen-bond donors (Lipinski definition) is 1. The Morgan fingerprint density at radius 2 is 1.71 bits per heavy atom. The van der Waals surface area contributed by atoms with E-state index in [0.717, 1.165) is 5.56 Å². The molecule has 0 radical (unpaired) electrons. The highest BCUT2D eigenvalue weighted by Gasteiger charge is 2.24. The molecule has 2 amide bonds. The van der Waals surface area contributed by atoms with Crippen LogP contribution in [0.4, 0.5) is 9.80 Å². The average molecular weight is 432 g/mol. The number of carbonyl (C=O) groups excluding carboxylic acids is 2. The lowest BCUT2D eigenvalue weighted by Gasteiger charge is -2.12. The largest absolute Gasteiger partial charge is 0.331 e. The van der Waals surface area contributed by atoms with Crippen LogP contribution in [0, 0.1) is 6.92 Å². The Hall–Kier alpha value is -3.71. The highest BCUT2D eigenvalue weighted by Crippen LogP contribution is 2.37. The molecule has 2 heterocycles. The minimum atomic E-state index is -0.349. The SMILES string of the molecule is Cc1cccc(C(=O)c2c(NC(=O)N(C)C)sc3c2ccc(=O)n3-c2ccccc2)c1. The molecule has 4 aromatic rings. The minimum Gasteiger partial charge on any atom is -0.331 e. The molecular weight excluding hydrogens is 410 g/mol. The molecule has 0 atom stereocenters. The zero-order valence-corrected chi connectivity index (χ0v) is 18.2. The van der Waals surface area contributed by atoms with Crippen LogP contribution >= 0.6 is 11.3 Å². The number of thiophene rings is 1. The third kappa shape index (κ3) is 3.87. The molecule has 0 aliphatic carbocycles. The maximum atomic E-state index is 13.5. The molecule has 7 heteroatoms. The molecule has 1 N–H and O–H groups in total. The first kappa shape index (κ1) is 20.6. The summed E-state index contributed by atoms with van der Waals surface area (Å²) in [6, 6.07) is 19.3. The summed E-state index contributed by atoms with van der Waals surface area (Å²) >= 11 is 1.22. The van der Waals surface area contributed by atoms with Crippen LogP contribution < -0.4 is 10.9 Å². The van der Waals surface area contributed by atoms with E-state index in [1.165, 1.54) is 22.3 Å². The first-order valence-corrected chi connectivity index (χ1v) is 10.5. The van der Waals surface area contributed by atoms with Gasteiger partial charge in [-0.05, 0) is 31.2 Å². The van der Waals surface area contributed by atoms with Gasteiger partial charge in [0.2, 0.25) is 0 Å². The van der Waals surface area contributed by atoms with Gasteiger partial charge in [-0.2, -0.15) is 0 Å². The number of nitrogens with zero attached hydrogens (tertiary/aromatic N) is 2. The summed E-state index contributed by atoms with van der Waals surface area (Å²) in [5.74, 6) is -0.206. The third-order valence-electron chi connectivity index (χ3n) is 4.89. The van der Waals surface area contributed by atoms with Gasteiger partial charge in [-0.3, -0.25) is 19.5 Å². The van der Waals surface area contributed by atoms with Gasteiger partial charge in [0, 0.05) is 31.1 Å². The Kier molecular flexibility index (Phi) is 5.44. The topological polar surface area (TPSA) is 71.4 Å². The number of aromatic nitrogens is 1. The van der Waals surface area contributed by atoms with Crippen LogP contribution in [0.15, 0.2) is 71.5 Å². The van der Waals surface area contributed by atoms with E-state index in [1.54, 1.807) is 30.8 Å². The number of aryl methyl sites for hydroxylation is 1. The van der Waals surface area contributed by atoms with E-state index in [1.807, 2.05) is 55.5 Å². The number of hydrogen-bond acceptors (Lipinski definition) is 4. The number of carbonyl (C=O) groups is 2. The molecule has 0 aliphatic heterocycles. The molecular formula is C24H21N3O3S. The van der Waals surface area contributed by atoms with Crippen molar-refractivity contribution in [2.75, 3.05) is 19.4 Å². The summed E-state index contributed by atoms with van der Waals surface area (Å²) in [6.07, 6.45) is 0.